The predicted molar refractivity (Wildman–Crippen MR) is 85.5 cm³/mol. The van der Waals surface area contributed by atoms with Crippen molar-refractivity contribution < 1.29 is 14.9 Å². The topological polar surface area (TPSA) is 79.0 Å². The van der Waals surface area contributed by atoms with Crippen molar-refractivity contribution in [2.24, 2.45) is 5.73 Å². The number of aliphatic hydroxyl groups is 2. The largest absolute Gasteiger partial charge is 0.491 e. The van der Waals surface area contributed by atoms with Gasteiger partial charge in [0.1, 0.15) is 23.4 Å². The number of benzene rings is 1. The third kappa shape index (κ3) is 5.24. The Hall–Kier alpha value is -1.21. The van der Waals surface area contributed by atoms with E-state index in [-0.39, 0.29) is 12.7 Å². The van der Waals surface area contributed by atoms with Crippen LogP contribution in [-0.2, 0) is 0 Å². The summed E-state index contributed by atoms with van der Waals surface area (Å²) in [5, 5.41) is 19.5. The van der Waals surface area contributed by atoms with Crippen LogP contribution in [0.2, 0.25) is 0 Å². The van der Waals surface area contributed by atoms with Crippen molar-refractivity contribution in [3.8, 4) is 5.75 Å². The molecule has 0 amide bonds. The molecule has 0 spiro atoms. The van der Waals surface area contributed by atoms with Gasteiger partial charge in [-0.2, -0.15) is 0 Å². The normalized spacial score (nSPS) is 18.4. The Kier molecular flexibility index (Phi) is 5.93. The Morgan fingerprint density at radius 1 is 1.43 bits per heavy atom. The van der Waals surface area contributed by atoms with Crippen molar-refractivity contribution in [1.29, 1.82) is 0 Å². The molecule has 0 bridgehead atoms. The second kappa shape index (κ2) is 7.70. The molecule has 1 aliphatic heterocycles. The van der Waals surface area contributed by atoms with Gasteiger partial charge in [-0.3, -0.25) is 0 Å². The average Bonchev–Trinajstić information content (AvgIpc) is 2.48. The Morgan fingerprint density at radius 3 is 2.81 bits per heavy atom. The number of likely N-dealkylation sites (tertiary alicyclic amines) is 1. The molecule has 1 saturated heterocycles. The van der Waals surface area contributed by atoms with Crippen LogP contribution in [0.1, 0.15) is 18.4 Å². The van der Waals surface area contributed by atoms with Crippen molar-refractivity contribution in [1.82, 2.24) is 4.90 Å². The molecule has 1 heterocycles. The first-order valence-electron chi connectivity index (χ1n) is 7.16. The fourth-order valence-electron chi connectivity index (χ4n) is 2.38. The van der Waals surface area contributed by atoms with Gasteiger partial charge in [-0.15, -0.1) is 0 Å². The standard InChI is InChI=1S/C15H22N2O3S/c16-15(21)11-2-1-3-14(8-11)20-10-13(19)9-17-6-4-12(18)5-7-17/h1-3,8,12-13,18-19H,4-7,9-10H2,(H2,16,21). The molecule has 116 valence electrons. The van der Waals surface area contributed by atoms with E-state index in [9.17, 15) is 10.2 Å². The van der Waals surface area contributed by atoms with E-state index in [1.165, 1.54) is 0 Å². The highest BCUT2D eigenvalue weighted by atomic mass is 32.1. The van der Waals surface area contributed by atoms with Crippen molar-refractivity contribution in [2.75, 3.05) is 26.2 Å². The zero-order valence-electron chi connectivity index (χ0n) is 11.9. The molecule has 6 heteroatoms. The molecule has 1 atom stereocenters. The summed E-state index contributed by atoms with van der Waals surface area (Å²) in [7, 11) is 0. The summed E-state index contributed by atoms with van der Waals surface area (Å²) < 4.78 is 5.58. The first-order valence-corrected chi connectivity index (χ1v) is 7.56. The minimum atomic E-state index is -0.561. The molecule has 1 aromatic rings. The van der Waals surface area contributed by atoms with E-state index in [1.54, 1.807) is 6.07 Å². The van der Waals surface area contributed by atoms with Crippen molar-refractivity contribution in [3.05, 3.63) is 29.8 Å². The van der Waals surface area contributed by atoms with E-state index < -0.39 is 6.10 Å². The minimum Gasteiger partial charge on any atom is -0.491 e. The smallest absolute Gasteiger partial charge is 0.120 e. The maximum atomic E-state index is 10.0. The number of piperidine rings is 1. The van der Waals surface area contributed by atoms with Crippen LogP contribution < -0.4 is 10.5 Å². The molecule has 21 heavy (non-hydrogen) atoms. The maximum absolute atomic E-state index is 10.0. The molecule has 0 aliphatic carbocycles. The van der Waals surface area contributed by atoms with Crippen molar-refractivity contribution in [2.45, 2.75) is 25.0 Å². The number of thiocarbonyl (C=S) groups is 1. The summed E-state index contributed by atoms with van der Waals surface area (Å²) in [6.07, 6.45) is 0.777. The Balaban J connectivity index is 1.77. The monoisotopic (exact) mass is 310 g/mol. The van der Waals surface area contributed by atoms with Gasteiger partial charge in [-0.25, -0.2) is 0 Å². The van der Waals surface area contributed by atoms with Gasteiger partial charge in [-0.05, 0) is 25.0 Å². The highest BCUT2D eigenvalue weighted by Gasteiger charge is 2.19. The van der Waals surface area contributed by atoms with Gasteiger partial charge in [0.2, 0.25) is 0 Å². The van der Waals surface area contributed by atoms with E-state index in [0.717, 1.165) is 31.5 Å². The molecule has 1 unspecified atom stereocenters. The summed E-state index contributed by atoms with van der Waals surface area (Å²) in [4.78, 5) is 2.47. The average molecular weight is 310 g/mol. The van der Waals surface area contributed by atoms with E-state index in [1.807, 2.05) is 18.2 Å². The fraction of sp³-hybridized carbons (Fsp3) is 0.533. The van der Waals surface area contributed by atoms with Crippen molar-refractivity contribution in [3.63, 3.8) is 0 Å². The molecule has 2 rings (SSSR count). The Bertz CT molecular complexity index is 476. The van der Waals surface area contributed by atoms with Crippen LogP contribution in [0.25, 0.3) is 0 Å². The van der Waals surface area contributed by atoms with E-state index in [0.29, 0.717) is 17.3 Å². The van der Waals surface area contributed by atoms with Gasteiger partial charge < -0.3 is 25.6 Å². The van der Waals surface area contributed by atoms with Crippen LogP contribution in [0, 0.1) is 0 Å². The van der Waals surface area contributed by atoms with Gasteiger partial charge in [-0.1, -0.05) is 24.4 Å². The Morgan fingerprint density at radius 2 is 2.14 bits per heavy atom. The highest BCUT2D eigenvalue weighted by molar-refractivity contribution is 7.80. The van der Waals surface area contributed by atoms with Crippen molar-refractivity contribution >= 4 is 17.2 Å². The quantitative estimate of drug-likeness (QED) is 0.665. The summed E-state index contributed by atoms with van der Waals surface area (Å²) in [6, 6.07) is 7.23. The van der Waals surface area contributed by atoms with Gasteiger partial charge in [0.25, 0.3) is 0 Å². The number of nitrogens with zero attached hydrogens (tertiary/aromatic N) is 1. The fourth-order valence-corrected chi connectivity index (χ4v) is 2.51. The number of β-amino-alcohol motifs (C(OH)–C–C–N with tert-alkyl or cyclic N) is 1. The molecular formula is C15H22N2O3S. The molecule has 1 aliphatic rings. The lowest BCUT2D eigenvalue weighted by molar-refractivity contribution is 0.0337. The van der Waals surface area contributed by atoms with Crippen LogP contribution in [0.15, 0.2) is 24.3 Å². The minimum absolute atomic E-state index is 0.197. The van der Waals surface area contributed by atoms with Crippen LogP contribution in [0.3, 0.4) is 0 Å². The molecule has 4 N–H and O–H groups in total. The summed E-state index contributed by atoms with van der Waals surface area (Å²) >= 11 is 4.92. The third-order valence-electron chi connectivity index (χ3n) is 3.59. The molecule has 1 aromatic carbocycles. The first-order chi connectivity index (χ1) is 10.0. The molecule has 0 saturated carbocycles. The molecule has 5 nitrogen and oxygen atoms in total. The molecular weight excluding hydrogens is 288 g/mol. The number of ether oxygens (including phenoxy) is 1. The SMILES string of the molecule is NC(=S)c1cccc(OCC(O)CN2CCC(O)CC2)c1. The van der Waals surface area contributed by atoms with Gasteiger partial charge in [0.15, 0.2) is 0 Å². The molecule has 1 fully saturated rings. The lowest BCUT2D eigenvalue weighted by Gasteiger charge is -2.30. The molecule has 0 radical (unpaired) electrons. The molecule has 0 aromatic heterocycles. The predicted octanol–water partition coefficient (Wildman–Crippen LogP) is 0.517. The van der Waals surface area contributed by atoms with Gasteiger partial charge in [0.05, 0.1) is 6.10 Å². The second-order valence-corrected chi connectivity index (χ2v) is 5.83. The van der Waals surface area contributed by atoms with Crippen LogP contribution >= 0.6 is 12.2 Å². The number of rotatable bonds is 6. The number of aliphatic hydroxyl groups excluding tert-OH is 2. The lowest BCUT2D eigenvalue weighted by Crippen LogP contribution is -2.41. The number of nitrogens with two attached hydrogens (primary N) is 1. The highest BCUT2D eigenvalue weighted by Crippen LogP contribution is 2.14. The zero-order valence-corrected chi connectivity index (χ0v) is 12.8. The second-order valence-electron chi connectivity index (χ2n) is 5.39. The third-order valence-corrected chi connectivity index (χ3v) is 3.82. The zero-order chi connectivity index (χ0) is 15.2. The summed E-state index contributed by atoms with van der Waals surface area (Å²) in [6.45, 7) is 2.41. The summed E-state index contributed by atoms with van der Waals surface area (Å²) in [5.74, 6) is 0.647. The van der Waals surface area contributed by atoms with E-state index in [4.69, 9.17) is 22.7 Å². The van der Waals surface area contributed by atoms with Crippen LogP contribution in [0.5, 0.6) is 5.75 Å². The van der Waals surface area contributed by atoms with Crippen LogP contribution in [0.4, 0.5) is 0 Å². The van der Waals surface area contributed by atoms with E-state index in [2.05, 4.69) is 4.90 Å². The van der Waals surface area contributed by atoms with Gasteiger partial charge in [0, 0.05) is 25.2 Å². The van der Waals surface area contributed by atoms with Gasteiger partial charge >= 0.3 is 0 Å². The number of hydrogen-bond donors (Lipinski definition) is 3. The van der Waals surface area contributed by atoms with Crippen LogP contribution in [-0.4, -0.2) is 58.6 Å². The first kappa shape index (κ1) is 16.2. The van der Waals surface area contributed by atoms with E-state index >= 15 is 0 Å². The number of hydrogen-bond acceptors (Lipinski definition) is 5. The lowest BCUT2D eigenvalue weighted by atomic mass is 10.1. The summed E-state index contributed by atoms with van der Waals surface area (Å²) in [5.41, 5.74) is 6.32. The Labute approximate surface area is 130 Å². The maximum Gasteiger partial charge on any atom is 0.120 e.